The molecule has 5 nitrogen and oxygen atoms in total. The lowest BCUT2D eigenvalue weighted by Crippen LogP contribution is -2.08. The van der Waals surface area contributed by atoms with E-state index in [1.807, 2.05) is 0 Å². The summed E-state index contributed by atoms with van der Waals surface area (Å²) < 4.78 is 4.39. The summed E-state index contributed by atoms with van der Waals surface area (Å²) in [6.45, 7) is 0. The Balaban J connectivity index is 0. The summed E-state index contributed by atoms with van der Waals surface area (Å²) in [5.74, 6) is 0. The molecule has 0 heterocycles. The molecule has 0 fully saturated rings. The molecular weight excluding hydrogens is 198 g/mol. The molecule has 0 aromatic carbocycles. The van der Waals surface area contributed by atoms with Crippen LogP contribution in [-0.2, 0) is 4.74 Å². The number of nitriles is 1. The van der Waals surface area contributed by atoms with Gasteiger partial charge < -0.3 is 16.2 Å². The van der Waals surface area contributed by atoms with Crippen molar-refractivity contribution >= 4 is 35.3 Å². The molecule has 0 spiro atoms. The van der Waals surface area contributed by atoms with E-state index in [1.54, 1.807) is 6.07 Å². The molecule has 0 rings (SSSR count). The van der Waals surface area contributed by atoms with Crippen molar-refractivity contribution in [3.63, 3.8) is 0 Å². The highest BCUT2D eigenvalue weighted by Gasteiger charge is 1.76. The minimum atomic E-state index is -0.639. The van der Waals surface area contributed by atoms with E-state index in [0.717, 1.165) is 12.3 Å². The van der Waals surface area contributed by atoms with Crippen LogP contribution in [0.4, 0.5) is 4.79 Å². The quantitative estimate of drug-likeness (QED) is 0.247. The second-order valence-corrected chi connectivity index (χ2v) is 2.05. The Kier molecular flexibility index (Phi) is 10.8. The number of nitrogens with zero attached hydrogens (tertiary/aromatic N) is 1. The Labute approximate surface area is 80.4 Å². The predicted octanol–water partition coefficient (Wildman–Crippen LogP) is 0.279. The maximum atomic E-state index is 9.09. The van der Waals surface area contributed by atoms with Gasteiger partial charge >= 0.3 is 0 Å². The van der Waals surface area contributed by atoms with Crippen LogP contribution in [0.3, 0.4) is 0 Å². The van der Waals surface area contributed by atoms with Crippen molar-refractivity contribution in [3.8, 4) is 6.07 Å². The summed E-state index contributed by atoms with van der Waals surface area (Å²) in [6.07, 6.45) is 2.27. The number of rotatable bonds is 1. The normalized spacial score (nSPS) is 7.67. The highest BCUT2D eigenvalue weighted by atomic mass is 32.1. The Bertz CT molecular complexity index is 217. The largest absolute Gasteiger partial charge is 0.439 e. The SMILES string of the molecule is N#CC=COC(N)=S.NC(=O)S. The van der Waals surface area contributed by atoms with Crippen molar-refractivity contribution in [3.05, 3.63) is 12.3 Å². The van der Waals surface area contributed by atoms with Gasteiger partial charge in [0.05, 0.1) is 12.1 Å². The van der Waals surface area contributed by atoms with Crippen molar-refractivity contribution in [2.75, 3.05) is 0 Å². The molecule has 0 aliphatic rings. The lowest BCUT2D eigenvalue weighted by Gasteiger charge is -1.88. The second-order valence-electron chi connectivity index (χ2n) is 1.21. The second kappa shape index (κ2) is 9.74. The third kappa shape index (κ3) is 37.4. The molecular formula is C5H7N3O2S2. The fourth-order valence-corrected chi connectivity index (χ4v) is 0.187. The number of carbonyl (C=O) groups is 1. The number of primary amides is 1. The molecule has 0 atom stereocenters. The van der Waals surface area contributed by atoms with Crippen LogP contribution in [0.1, 0.15) is 0 Å². The third-order valence-corrected chi connectivity index (χ3v) is 0.423. The van der Waals surface area contributed by atoms with Gasteiger partial charge in [0.15, 0.2) is 0 Å². The number of hydrogen-bond donors (Lipinski definition) is 3. The van der Waals surface area contributed by atoms with Gasteiger partial charge in [-0.2, -0.15) is 5.26 Å². The van der Waals surface area contributed by atoms with Crippen LogP contribution in [0.25, 0.3) is 0 Å². The first-order chi connectivity index (χ1) is 5.50. The first-order valence-electron chi connectivity index (χ1n) is 2.49. The zero-order valence-corrected chi connectivity index (χ0v) is 7.64. The fraction of sp³-hybridized carbons (Fsp3) is 0. The maximum Gasteiger partial charge on any atom is 0.273 e. The molecule has 66 valence electrons. The number of ether oxygens (including phenoxy) is 1. The first-order valence-corrected chi connectivity index (χ1v) is 3.35. The van der Waals surface area contributed by atoms with Gasteiger partial charge in [0.25, 0.3) is 10.4 Å². The molecule has 4 N–H and O–H groups in total. The standard InChI is InChI=1S/C4H4N2OS.CH3NOS/c5-2-1-3-7-4(6)8;2-1(3)4/h1,3H,(H2,6,8);(H3,2,3,4). The summed E-state index contributed by atoms with van der Waals surface area (Å²) in [5, 5.41) is 7.15. The van der Waals surface area contributed by atoms with Crippen LogP contribution in [0.2, 0.25) is 0 Å². The number of thiocarbonyl (C=S) groups is 1. The van der Waals surface area contributed by atoms with Gasteiger partial charge in [0, 0.05) is 0 Å². The van der Waals surface area contributed by atoms with Crippen LogP contribution >= 0.6 is 24.8 Å². The van der Waals surface area contributed by atoms with Gasteiger partial charge in [-0.05, 0) is 12.2 Å². The molecule has 0 aliphatic heterocycles. The summed E-state index contributed by atoms with van der Waals surface area (Å²) in [5.41, 5.74) is 9.22. The number of hydrogen-bond acceptors (Lipinski definition) is 4. The molecule has 0 unspecified atom stereocenters. The maximum absolute atomic E-state index is 9.09. The van der Waals surface area contributed by atoms with E-state index in [-0.39, 0.29) is 5.17 Å². The molecule has 0 saturated carbocycles. The highest BCUT2D eigenvalue weighted by molar-refractivity contribution is 7.96. The molecule has 0 bridgehead atoms. The zero-order valence-electron chi connectivity index (χ0n) is 5.93. The Morgan fingerprint density at radius 2 is 2.08 bits per heavy atom. The lowest BCUT2D eigenvalue weighted by atomic mass is 10.7. The van der Waals surface area contributed by atoms with Gasteiger partial charge in [-0.25, -0.2) is 0 Å². The van der Waals surface area contributed by atoms with Gasteiger partial charge in [0.1, 0.15) is 6.26 Å². The van der Waals surface area contributed by atoms with Gasteiger partial charge in [-0.1, -0.05) is 12.6 Å². The number of nitrogens with two attached hydrogens (primary N) is 2. The van der Waals surface area contributed by atoms with Gasteiger partial charge in [0.2, 0.25) is 0 Å². The molecule has 1 amide bonds. The summed E-state index contributed by atoms with van der Waals surface area (Å²) >= 11 is 7.41. The van der Waals surface area contributed by atoms with Crippen LogP contribution < -0.4 is 11.5 Å². The summed E-state index contributed by atoms with van der Waals surface area (Å²) in [4.78, 5) is 9.09. The number of allylic oxidation sites excluding steroid dienone is 1. The number of carbonyl (C=O) groups excluding carboxylic acids is 1. The van der Waals surface area contributed by atoms with E-state index in [9.17, 15) is 0 Å². The summed E-state index contributed by atoms with van der Waals surface area (Å²) in [7, 11) is 0. The van der Waals surface area contributed by atoms with E-state index in [1.165, 1.54) is 0 Å². The highest BCUT2D eigenvalue weighted by Crippen LogP contribution is 1.74. The van der Waals surface area contributed by atoms with E-state index in [4.69, 9.17) is 15.8 Å². The van der Waals surface area contributed by atoms with Gasteiger partial charge in [-0.3, -0.25) is 4.79 Å². The molecule has 0 saturated heterocycles. The molecule has 0 aliphatic carbocycles. The zero-order chi connectivity index (χ0) is 9.98. The first kappa shape index (κ1) is 13.3. The molecule has 0 radical (unpaired) electrons. The lowest BCUT2D eigenvalue weighted by molar-refractivity contribution is 0.267. The van der Waals surface area contributed by atoms with Crippen molar-refractivity contribution < 1.29 is 9.53 Å². The molecule has 12 heavy (non-hydrogen) atoms. The van der Waals surface area contributed by atoms with Gasteiger partial charge in [-0.15, -0.1) is 0 Å². The van der Waals surface area contributed by atoms with E-state index in [2.05, 4.69) is 35.3 Å². The molecule has 0 aromatic rings. The van der Waals surface area contributed by atoms with E-state index < -0.39 is 5.24 Å². The van der Waals surface area contributed by atoms with Crippen molar-refractivity contribution in [1.82, 2.24) is 0 Å². The van der Waals surface area contributed by atoms with E-state index in [0.29, 0.717) is 0 Å². The van der Waals surface area contributed by atoms with Crippen molar-refractivity contribution in [1.29, 1.82) is 5.26 Å². The van der Waals surface area contributed by atoms with Crippen LogP contribution in [-0.4, -0.2) is 10.4 Å². The van der Waals surface area contributed by atoms with Crippen LogP contribution in [0.5, 0.6) is 0 Å². The number of thiol groups is 1. The minimum absolute atomic E-state index is 0.0866. The molecule has 0 aromatic heterocycles. The molecule has 7 heteroatoms. The Morgan fingerprint density at radius 3 is 2.33 bits per heavy atom. The van der Waals surface area contributed by atoms with Crippen LogP contribution in [0.15, 0.2) is 12.3 Å². The predicted molar refractivity (Wildman–Crippen MR) is 51.2 cm³/mol. The van der Waals surface area contributed by atoms with Crippen molar-refractivity contribution in [2.45, 2.75) is 0 Å². The van der Waals surface area contributed by atoms with Crippen LogP contribution in [0, 0.1) is 11.3 Å². The number of amides is 1. The average molecular weight is 205 g/mol. The average Bonchev–Trinajstić information content (AvgIpc) is 1.86. The Morgan fingerprint density at radius 1 is 1.67 bits per heavy atom. The smallest absolute Gasteiger partial charge is 0.273 e. The van der Waals surface area contributed by atoms with Crippen molar-refractivity contribution in [2.24, 2.45) is 11.5 Å². The Hall–Kier alpha value is -1.26. The monoisotopic (exact) mass is 205 g/mol. The topological polar surface area (TPSA) is 102 Å². The summed E-state index contributed by atoms with van der Waals surface area (Å²) in [6, 6.07) is 1.70. The van der Waals surface area contributed by atoms with E-state index >= 15 is 0 Å². The fourth-order valence-electron chi connectivity index (χ4n) is 0.132. The minimum Gasteiger partial charge on any atom is -0.439 e. The third-order valence-electron chi connectivity index (χ3n) is 0.327.